The molecule has 0 radical (unpaired) electrons. The zero-order valence-electron chi connectivity index (χ0n) is 7.19. The number of fused-ring (bicyclic) bond motifs is 1. The highest BCUT2D eigenvalue weighted by Crippen LogP contribution is 2.13. The molecule has 66 valence electrons. The first-order chi connectivity index (χ1) is 6.20. The average Bonchev–Trinajstić information content (AvgIpc) is 2.15. The fraction of sp³-hybridized carbons (Fsp3) is 0.100. The molecule has 0 amide bonds. The van der Waals surface area contributed by atoms with Crippen molar-refractivity contribution in [3.8, 4) is 5.75 Å². The number of rotatable bonds is 0. The smallest absolute Gasteiger partial charge is 0.261 e. The summed E-state index contributed by atoms with van der Waals surface area (Å²) in [5.41, 5.74) is 0.912. The minimum Gasteiger partial charge on any atom is -0.507 e. The Labute approximate surface area is 74.9 Å². The van der Waals surface area contributed by atoms with E-state index in [1.807, 2.05) is 6.07 Å². The Hall–Kier alpha value is -1.77. The number of nitrogens with zero attached hydrogens (tertiary/aromatic N) is 1. The minimum absolute atomic E-state index is 0.0520. The van der Waals surface area contributed by atoms with Crippen molar-refractivity contribution in [2.45, 2.75) is 6.92 Å². The predicted molar refractivity (Wildman–Crippen MR) is 50.1 cm³/mol. The van der Waals surface area contributed by atoms with Crippen LogP contribution in [0.4, 0.5) is 0 Å². The van der Waals surface area contributed by atoms with Crippen LogP contribution >= 0.6 is 0 Å². The van der Waals surface area contributed by atoms with Crippen LogP contribution in [0.25, 0.3) is 5.52 Å². The summed E-state index contributed by atoms with van der Waals surface area (Å²) >= 11 is 0. The molecule has 0 atom stereocenters. The van der Waals surface area contributed by atoms with Gasteiger partial charge in [0.25, 0.3) is 5.56 Å². The van der Waals surface area contributed by atoms with E-state index in [9.17, 15) is 9.90 Å². The van der Waals surface area contributed by atoms with E-state index in [0.717, 1.165) is 0 Å². The first-order valence-corrected chi connectivity index (χ1v) is 4.00. The van der Waals surface area contributed by atoms with Gasteiger partial charge >= 0.3 is 0 Å². The van der Waals surface area contributed by atoms with Gasteiger partial charge in [0, 0.05) is 12.3 Å². The van der Waals surface area contributed by atoms with Crippen LogP contribution in [0, 0.1) is 6.92 Å². The molecule has 0 spiro atoms. The number of hydrogen-bond donors (Lipinski definition) is 1. The maximum absolute atomic E-state index is 11.6. The lowest BCUT2D eigenvalue weighted by Crippen LogP contribution is -2.15. The van der Waals surface area contributed by atoms with E-state index in [1.165, 1.54) is 4.40 Å². The summed E-state index contributed by atoms with van der Waals surface area (Å²) in [6.07, 6.45) is 1.68. The van der Waals surface area contributed by atoms with Gasteiger partial charge < -0.3 is 5.11 Å². The fourth-order valence-electron chi connectivity index (χ4n) is 1.30. The Bertz CT molecular complexity index is 514. The lowest BCUT2D eigenvalue weighted by Gasteiger charge is -2.02. The van der Waals surface area contributed by atoms with Crippen molar-refractivity contribution in [2.24, 2.45) is 0 Å². The van der Waals surface area contributed by atoms with E-state index in [-0.39, 0.29) is 11.3 Å². The van der Waals surface area contributed by atoms with Crippen LogP contribution in [0.2, 0.25) is 0 Å². The van der Waals surface area contributed by atoms with Gasteiger partial charge in [0.2, 0.25) is 0 Å². The van der Waals surface area contributed by atoms with Crippen molar-refractivity contribution in [1.29, 1.82) is 0 Å². The summed E-state index contributed by atoms with van der Waals surface area (Å²) in [5.74, 6) is 0.0520. The summed E-state index contributed by atoms with van der Waals surface area (Å²) in [7, 11) is 0. The maximum atomic E-state index is 11.6. The summed E-state index contributed by atoms with van der Waals surface area (Å²) in [4.78, 5) is 11.6. The highest BCUT2D eigenvalue weighted by Gasteiger charge is 2.03. The molecule has 2 aromatic rings. The molecule has 0 saturated carbocycles. The van der Waals surface area contributed by atoms with E-state index in [4.69, 9.17) is 0 Å². The molecule has 0 bridgehead atoms. The largest absolute Gasteiger partial charge is 0.507 e. The Morgan fingerprint density at radius 3 is 2.92 bits per heavy atom. The molecule has 3 heteroatoms. The van der Waals surface area contributed by atoms with Crippen molar-refractivity contribution in [2.75, 3.05) is 0 Å². The van der Waals surface area contributed by atoms with Gasteiger partial charge in [-0.2, -0.15) is 0 Å². The number of aromatic hydroxyl groups is 1. The molecule has 2 rings (SSSR count). The third-order valence-electron chi connectivity index (χ3n) is 2.10. The Kier molecular flexibility index (Phi) is 1.59. The molecule has 0 aliphatic heterocycles. The van der Waals surface area contributed by atoms with Crippen LogP contribution in [0.15, 0.2) is 35.3 Å². The van der Waals surface area contributed by atoms with E-state index in [2.05, 4.69) is 0 Å². The highest BCUT2D eigenvalue weighted by atomic mass is 16.3. The quantitative estimate of drug-likeness (QED) is 0.656. The molecule has 0 aromatic carbocycles. The summed E-state index contributed by atoms with van der Waals surface area (Å²) in [6, 6.07) is 6.96. The molecule has 2 aromatic heterocycles. The lowest BCUT2D eigenvalue weighted by molar-refractivity contribution is 0.469. The minimum atomic E-state index is -0.171. The van der Waals surface area contributed by atoms with Crippen LogP contribution in [0.1, 0.15) is 5.56 Å². The van der Waals surface area contributed by atoms with Crippen molar-refractivity contribution in [1.82, 2.24) is 4.40 Å². The molecule has 3 nitrogen and oxygen atoms in total. The van der Waals surface area contributed by atoms with Gasteiger partial charge in [-0.1, -0.05) is 6.07 Å². The molecule has 1 N–H and O–H groups in total. The molecular weight excluding hydrogens is 166 g/mol. The maximum Gasteiger partial charge on any atom is 0.261 e. The van der Waals surface area contributed by atoms with Gasteiger partial charge in [0.05, 0.1) is 11.1 Å². The van der Waals surface area contributed by atoms with Gasteiger partial charge in [0.1, 0.15) is 5.75 Å². The second-order valence-corrected chi connectivity index (χ2v) is 2.96. The van der Waals surface area contributed by atoms with Crippen LogP contribution in [-0.4, -0.2) is 9.51 Å². The van der Waals surface area contributed by atoms with Crippen molar-refractivity contribution >= 4 is 5.52 Å². The van der Waals surface area contributed by atoms with Crippen molar-refractivity contribution in [3.63, 3.8) is 0 Å². The molecule has 0 fully saturated rings. The van der Waals surface area contributed by atoms with Crippen LogP contribution in [-0.2, 0) is 0 Å². The molecule has 0 aliphatic carbocycles. The van der Waals surface area contributed by atoms with Gasteiger partial charge in [-0.3, -0.25) is 9.20 Å². The molecule has 2 heterocycles. The summed E-state index contributed by atoms with van der Waals surface area (Å²) in [5, 5.41) is 9.38. The fourth-order valence-corrected chi connectivity index (χ4v) is 1.30. The molecule has 13 heavy (non-hydrogen) atoms. The van der Waals surface area contributed by atoms with E-state index < -0.39 is 0 Å². The topological polar surface area (TPSA) is 41.7 Å². The summed E-state index contributed by atoms with van der Waals surface area (Å²) in [6.45, 7) is 1.61. The van der Waals surface area contributed by atoms with Gasteiger partial charge in [-0.05, 0) is 19.1 Å². The number of hydrogen-bond acceptors (Lipinski definition) is 2. The molecular formula is C10H9NO2. The monoisotopic (exact) mass is 175 g/mol. The predicted octanol–water partition coefficient (Wildman–Crippen LogP) is 1.31. The molecule has 0 saturated heterocycles. The third-order valence-corrected chi connectivity index (χ3v) is 2.10. The van der Waals surface area contributed by atoms with Gasteiger partial charge in [-0.15, -0.1) is 0 Å². The number of aromatic nitrogens is 1. The second-order valence-electron chi connectivity index (χ2n) is 2.96. The lowest BCUT2D eigenvalue weighted by atomic mass is 10.2. The van der Waals surface area contributed by atoms with Crippen LogP contribution < -0.4 is 5.56 Å². The van der Waals surface area contributed by atoms with E-state index in [1.54, 1.807) is 31.3 Å². The third kappa shape index (κ3) is 1.09. The van der Waals surface area contributed by atoms with Gasteiger partial charge in [0.15, 0.2) is 0 Å². The van der Waals surface area contributed by atoms with Crippen LogP contribution in [0.5, 0.6) is 5.75 Å². The number of pyridine rings is 2. The zero-order chi connectivity index (χ0) is 9.42. The first kappa shape index (κ1) is 7.86. The molecule has 0 unspecified atom stereocenters. The first-order valence-electron chi connectivity index (χ1n) is 4.00. The SMILES string of the molecule is Cc1c(O)cc2ccccn2c1=O. The standard InChI is InChI=1S/C10H9NO2/c1-7-9(12)6-8-4-2-3-5-11(8)10(7)13/h2-6,12H,1H3. The normalized spacial score (nSPS) is 10.5. The average molecular weight is 175 g/mol. The summed E-state index contributed by atoms with van der Waals surface area (Å²) < 4.78 is 1.51. The second kappa shape index (κ2) is 2.62. The van der Waals surface area contributed by atoms with E-state index in [0.29, 0.717) is 11.1 Å². The van der Waals surface area contributed by atoms with Crippen molar-refractivity contribution in [3.05, 3.63) is 46.4 Å². The highest BCUT2D eigenvalue weighted by molar-refractivity contribution is 5.52. The zero-order valence-corrected chi connectivity index (χ0v) is 7.19. The van der Waals surface area contributed by atoms with Crippen LogP contribution in [0.3, 0.4) is 0 Å². The Morgan fingerprint density at radius 2 is 2.15 bits per heavy atom. The Morgan fingerprint density at radius 1 is 1.38 bits per heavy atom. The Balaban J connectivity index is 3.03. The van der Waals surface area contributed by atoms with E-state index >= 15 is 0 Å². The molecule has 0 aliphatic rings. The van der Waals surface area contributed by atoms with Gasteiger partial charge in [-0.25, -0.2) is 0 Å². The van der Waals surface area contributed by atoms with Crippen molar-refractivity contribution < 1.29 is 5.11 Å².